The van der Waals surface area contributed by atoms with Crippen molar-refractivity contribution in [2.45, 2.75) is 51.4 Å². The van der Waals surface area contributed by atoms with Crippen molar-refractivity contribution < 1.29 is 4.79 Å². The number of carbonyl (C=O) groups is 1. The molecule has 3 saturated carbocycles. The van der Waals surface area contributed by atoms with Crippen molar-refractivity contribution in [2.24, 2.45) is 10.8 Å². The molecule has 3 fully saturated rings. The van der Waals surface area contributed by atoms with E-state index in [1.54, 1.807) is 0 Å². The summed E-state index contributed by atoms with van der Waals surface area (Å²) in [6.07, 6.45) is 10.1. The molecular formula is C11H16O. The lowest BCUT2D eigenvalue weighted by molar-refractivity contribution is -0.123. The van der Waals surface area contributed by atoms with E-state index in [9.17, 15) is 4.79 Å². The molecule has 0 saturated heterocycles. The molecule has 2 atom stereocenters. The van der Waals surface area contributed by atoms with Crippen LogP contribution in [0.3, 0.4) is 0 Å². The summed E-state index contributed by atoms with van der Waals surface area (Å²) in [5, 5.41) is 0. The molecule has 0 amide bonds. The van der Waals surface area contributed by atoms with Gasteiger partial charge in [-0.3, -0.25) is 4.79 Å². The largest absolute Gasteiger partial charge is 0.299 e. The van der Waals surface area contributed by atoms with E-state index in [1.165, 1.54) is 44.9 Å². The minimum Gasteiger partial charge on any atom is -0.299 e. The van der Waals surface area contributed by atoms with Crippen molar-refractivity contribution >= 4 is 5.78 Å². The zero-order valence-corrected chi connectivity index (χ0v) is 7.57. The van der Waals surface area contributed by atoms with Crippen LogP contribution in [0.5, 0.6) is 0 Å². The number of carbonyl (C=O) groups excluding carboxylic acids is 1. The van der Waals surface area contributed by atoms with Gasteiger partial charge in [0.1, 0.15) is 5.78 Å². The third kappa shape index (κ3) is 0.605. The average molecular weight is 164 g/mol. The van der Waals surface area contributed by atoms with E-state index < -0.39 is 0 Å². The molecule has 0 heterocycles. The Balaban J connectivity index is 1.97. The number of hydrogen-bond acceptors (Lipinski definition) is 1. The van der Waals surface area contributed by atoms with E-state index in [0.29, 0.717) is 11.2 Å². The molecule has 3 aliphatic rings. The highest BCUT2D eigenvalue weighted by atomic mass is 16.1. The Labute approximate surface area is 73.5 Å². The molecule has 2 unspecified atom stereocenters. The van der Waals surface area contributed by atoms with Gasteiger partial charge in [0.2, 0.25) is 0 Å². The third-order valence-electron chi connectivity index (χ3n) is 4.65. The first kappa shape index (κ1) is 7.11. The predicted molar refractivity (Wildman–Crippen MR) is 46.8 cm³/mol. The number of Topliss-reactive ketones (excluding diaryl/α,β-unsaturated/α-hetero) is 1. The molecule has 3 rings (SSSR count). The van der Waals surface area contributed by atoms with E-state index in [-0.39, 0.29) is 5.41 Å². The van der Waals surface area contributed by atoms with E-state index in [4.69, 9.17) is 0 Å². The highest BCUT2D eigenvalue weighted by Crippen LogP contribution is 2.76. The second kappa shape index (κ2) is 1.94. The first-order valence-corrected chi connectivity index (χ1v) is 5.33. The van der Waals surface area contributed by atoms with Gasteiger partial charge in [-0.15, -0.1) is 0 Å². The van der Waals surface area contributed by atoms with E-state index in [0.717, 1.165) is 6.42 Å². The van der Waals surface area contributed by atoms with E-state index in [1.807, 2.05) is 0 Å². The normalized spacial score (nSPS) is 51.2. The fourth-order valence-electron chi connectivity index (χ4n) is 3.86. The summed E-state index contributed by atoms with van der Waals surface area (Å²) in [4.78, 5) is 11.7. The van der Waals surface area contributed by atoms with Gasteiger partial charge in [0.25, 0.3) is 0 Å². The Morgan fingerprint density at radius 2 is 1.83 bits per heavy atom. The van der Waals surface area contributed by atoms with Crippen LogP contribution in [0.4, 0.5) is 0 Å². The summed E-state index contributed by atoms with van der Waals surface area (Å²) in [5.74, 6) is 0.615. The van der Waals surface area contributed by atoms with Gasteiger partial charge in [-0.25, -0.2) is 0 Å². The number of ketones is 1. The van der Waals surface area contributed by atoms with Gasteiger partial charge in [-0.05, 0) is 31.1 Å². The fraction of sp³-hybridized carbons (Fsp3) is 0.909. The van der Waals surface area contributed by atoms with Crippen LogP contribution in [0.2, 0.25) is 0 Å². The maximum absolute atomic E-state index is 11.7. The van der Waals surface area contributed by atoms with Gasteiger partial charge in [0.05, 0.1) is 0 Å². The van der Waals surface area contributed by atoms with Crippen molar-refractivity contribution in [3.05, 3.63) is 0 Å². The molecule has 0 bridgehead atoms. The van der Waals surface area contributed by atoms with Crippen LogP contribution in [0.15, 0.2) is 0 Å². The summed E-state index contributed by atoms with van der Waals surface area (Å²) >= 11 is 0. The summed E-state index contributed by atoms with van der Waals surface area (Å²) < 4.78 is 0. The second-order valence-corrected chi connectivity index (χ2v) is 5.02. The third-order valence-corrected chi connectivity index (χ3v) is 4.65. The molecule has 0 aliphatic heterocycles. The van der Waals surface area contributed by atoms with Crippen LogP contribution < -0.4 is 0 Å². The molecule has 0 aromatic carbocycles. The highest BCUT2D eigenvalue weighted by Gasteiger charge is 2.73. The topological polar surface area (TPSA) is 17.1 Å². The van der Waals surface area contributed by atoms with Crippen LogP contribution in [0, 0.1) is 10.8 Å². The molecule has 0 spiro atoms. The molecule has 0 radical (unpaired) electrons. The molecule has 0 aromatic rings. The van der Waals surface area contributed by atoms with Crippen LogP contribution in [-0.4, -0.2) is 5.78 Å². The Morgan fingerprint density at radius 3 is 2.75 bits per heavy atom. The summed E-state index contributed by atoms with van der Waals surface area (Å²) in [6, 6.07) is 0. The van der Waals surface area contributed by atoms with Crippen molar-refractivity contribution in [1.82, 2.24) is 0 Å². The molecular weight excluding hydrogens is 148 g/mol. The molecule has 0 N–H and O–H groups in total. The SMILES string of the molecule is O=C1CCC23CCCCCC12C3. The van der Waals surface area contributed by atoms with Gasteiger partial charge in [-0.2, -0.15) is 0 Å². The summed E-state index contributed by atoms with van der Waals surface area (Å²) in [5.41, 5.74) is 0.782. The zero-order valence-electron chi connectivity index (χ0n) is 7.57. The van der Waals surface area contributed by atoms with Gasteiger partial charge < -0.3 is 0 Å². The molecule has 0 aromatic heterocycles. The van der Waals surface area contributed by atoms with Crippen molar-refractivity contribution in [3.8, 4) is 0 Å². The highest BCUT2D eigenvalue weighted by molar-refractivity contribution is 5.92. The predicted octanol–water partition coefficient (Wildman–Crippen LogP) is 2.69. The monoisotopic (exact) mass is 164 g/mol. The van der Waals surface area contributed by atoms with Crippen LogP contribution in [0.1, 0.15) is 51.4 Å². The van der Waals surface area contributed by atoms with Crippen molar-refractivity contribution in [1.29, 1.82) is 0 Å². The summed E-state index contributed by atoms with van der Waals surface area (Å²) in [7, 11) is 0. The molecule has 3 aliphatic carbocycles. The van der Waals surface area contributed by atoms with Gasteiger partial charge >= 0.3 is 0 Å². The Kier molecular flexibility index (Phi) is 1.15. The Bertz CT molecular complexity index is 245. The van der Waals surface area contributed by atoms with E-state index >= 15 is 0 Å². The molecule has 12 heavy (non-hydrogen) atoms. The average Bonchev–Trinajstić information content (AvgIpc) is 2.64. The Hall–Kier alpha value is -0.330. The van der Waals surface area contributed by atoms with Crippen LogP contribution >= 0.6 is 0 Å². The standard InChI is InChI=1S/C11H16O/c12-9-4-7-10-5-2-1-3-6-11(9,10)8-10/h1-8H2. The summed E-state index contributed by atoms with van der Waals surface area (Å²) in [6.45, 7) is 0. The maximum atomic E-state index is 11.7. The van der Waals surface area contributed by atoms with Crippen LogP contribution in [0.25, 0.3) is 0 Å². The van der Waals surface area contributed by atoms with Gasteiger partial charge in [0.15, 0.2) is 0 Å². The Morgan fingerprint density at radius 1 is 1.00 bits per heavy atom. The lowest BCUT2D eigenvalue weighted by atomic mass is 9.91. The maximum Gasteiger partial charge on any atom is 0.139 e. The zero-order chi connectivity index (χ0) is 8.23. The van der Waals surface area contributed by atoms with Gasteiger partial charge in [-0.1, -0.05) is 19.3 Å². The first-order valence-electron chi connectivity index (χ1n) is 5.33. The second-order valence-electron chi connectivity index (χ2n) is 5.02. The van der Waals surface area contributed by atoms with Crippen LogP contribution in [-0.2, 0) is 4.79 Å². The minimum atomic E-state index is 0.240. The number of hydrogen-bond donors (Lipinski definition) is 0. The molecule has 1 heteroatoms. The first-order chi connectivity index (χ1) is 5.79. The molecule has 66 valence electrons. The van der Waals surface area contributed by atoms with Gasteiger partial charge in [0, 0.05) is 11.8 Å². The number of rotatable bonds is 0. The van der Waals surface area contributed by atoms with Crippen molar-refractivity contribution in [2.75, 3.05) is 0 Å². The lowest BCUT2D eigenvalue weighted by Gasteiger charge is -2.11. The quantitative estimate of drug-likeness (QED) is 0.538. The fourth-order valence-corrected chi connectivity index (χ4v) is 3.86. The van der Waals surface area contributed by atoms with E-state index in [2.05, 4.69) is 0 Å². The molecule has 1 nitrogen and oxygen atoms in total. The lowest BCUT2D eigenvalue weighted by Crippen LogP contribution is -2.13. The minimum absolute atomic E-state index is 0.240. The van der Waals surface area contributed by atoms with Crippen molar-refractivity contribution in [3.63, 3.8) is 0 Å². The smallest absolute Gasteiger partial charge is 0.139 e.